The zero-order valence-corrected chi connectivity index (χ0v) is 8.52. The van der Waals surface area contributed by atoms with E-state index in [0.29, 0.717) is 11.7 Å². The van der Waals surface area contributed by atoms with E-state index in [4.69, 9.17) is 5.73 Å². The summed E-state index contributed by atoms with van der Waals surface area (Å²) in [6, 6.07) is 0.367. The number of thiazole rings is 1. The first-order valence-corrected chi connectivity index (χ1v) is 5.03. The van der Waals surface area contributed by atoms with E-state index in [1.54, 1.807) is 5.38 Å². The molecule has 0 saturated carbocycles. The zero-order valence-electron chi connectivity index (χ0n) is 7.70. The molecule has 1 amide bonds. The van der Waals surface area contributed by atoms with E-state index in [9.17, 15) is 4.79 Å². The van der Waals surface area contributed by atoms with Gasteiger partial charge < -0.3 is 11.1 Å². The SMILES string of the molecule is CCC(C)Nc1nc(C(N)=O)cs1. The maximum absolute atomic E-state index is 10.7. The van der Waals surface area contributed by atoms with E-state index in [0.717, 1.165) is 11.6 Å². The Kier molecular flexibility index (Phi) is 3.25. The molecule has 0 bridgehead atoms. The van der Waals surface area contributed by atoms with Crippen molar-refractivity contribution in [3.8, 4) is 0 Å². The first-order valence-electron chi connectivity index (χ1n) is 4.15. The van der Waals surface area contributed by atoms with Crippen LogP contribution in [0.1, 0.15) is 30.8 Å². The van der Waals surface area contributed by atoms with E-state index in [-0.39, 0.29) is 0 Å². The quantitative estimate of drug-likeness (QED) is 0.771. The number of rotatable bonds is 4. The Morgan fingerprint density at radius 1 is 1.85 bits per heavy atom. The van der Waals surface area contributed by atoms with Crippen molar-refractivity contribution in [2.45, 2.75) is 26.3 Å². The molecule has 1 atom stereocenters. The lowest BCUT2D eigenvalue weighted by Gasteiger charge is -2.08. The molecule has 1 rings (SSSR count). The maximum atomic E-state index is 10.7. The Morgan fingerprint density at radius 3 is 3.00 bits per heavy atom. The van der Waals surface area contributed by atoms with Crippen LogP contribution < -0.4 is 11.1 Å². The summed E-state index contributed by atoms with van der Waals surface area (Å²) in [5.74, 6) is -0.478. The summed E-state index contributed by atoms with van der Waals surface area (Å²) < 4.78 is 0. The van der Waals surface area contributed by atoms with Crippen LogP contribution in [0.15, 0.2) is 5.38 Å². The van der Waals surface area contributed by atoms with Gasteiger partial charge in [0.25, 0.3) is 5.91 Å². The van der Waals surface area contributed by atoms with Crippen molar-refractivity contribution < 1.29 is 4.79 Å². The average molecular weight is 199 g/mol. The van der Waals surface area contributed by atoms with Gasteiger partial charge in [-0.25, -0.2) is 4.98 Å². The highest BCUT2D eigenvalue weighted by atomic mass is 32.1. The number of carbonyl (C=O) groups is 1. The molecule has 0 radical (unpaired) electrons. The Balaban J connectivity index is 2.64. The minimum atomic E-state index is -0.478. The molecule has 0 spiro atoms. The Hall–Kier alpha value is -1.10. The maximum Gasteiger partial charge on any atom is 0.268 e. The normalized spacial score (nSPS) is 12.5. The summed E-state index contributed by atoms with van der Waals surface area (Å²) in [6.45, 7) is 4.14. The first-order chi connectivity index (χ1) is 6.13. The van der Waals surface area contributed by atoms with Crippen LogP contribution >= 0.6 is 11.3 Å². The third-order valence-corrected chi connectivity index (χ3v) is 2.51. The van der Waals surface area contributed by atoms with Crippen LogP contribution in [0.4, 0.5) is 5.13 Å². The van der Waals surface area contributed by atoms with Crippen molar-refractivity contribution >= 4 is 22.4 Å². The lowest BCUT2D eigenvalue weighted by molar-refractivity contribution is 0.0996. The van der Waals surface area contributed by atoms with Gasteiger partial charge in [0, 0.05) is 11.4 Å². The van der Waals surface area contributed by atoms with Crippen LogP contribution in [0, 0.1) is 0 Å². The van der Waals surface area contributed by atoms with E-state index < -0.39 is 5.91 Å². The van der Waals surface area contributed by atoms with Crippen LogP contribution in [0.25, 0.3) is 0 Å². The number of primary amides is 1. The van der Waals surface area contributed by atoms with Crippen molar-refractivity contribution in [2.75, 3.05) is 5.32 Å². The summed E-state index contributed by atoms with van der Waals surface area (Å²) in [4.78, 5) is 14.7. The van der Waals surface area contributed by atoms with Gasteiger partial charge in [0.05, 0.1) is 0 Å². The second-order valence-corrected chi connectivity index (χ2v) is 3.71. The molecule has 0 aliphatic rings. The van der Waals surface area contributed by atoms with Crippen LogP contribution in [-0.2, 0) is 0 Å². The molecule has 4 nitrogen and oxygen atoms in total. The van der Waals surface area contributed by atoms with Crippen molar-refractivity contribution in [3.63, 3.8) is 0 Å². The number of carbonyl (C=O) groups excluding carboxylic acids is 1. The largest absolute Gasteiger partial charge is 0.364 e. The predicted molar refractivity (Wildman–Crippen MR) is 54.0 cm³/mol. The molecular weight excluding hydrogens is 186 g/mol. The highest BCUT2D eigenvalue weighted by Crippen LogP contribution is 2.16. The molecular formula is C8H13N3OS. The second kappa shape index (κ2) is 4.23. The Morgan fingerprint density at radius 2 is 2.54 bits per heavy atom. The minimum Gasteiger partial charge on any atom is -0.364 e. The topological polar surface area (TPSA) is 68.0 Å². The van der Waals surface area contributed by atoms with Gasteiger partial charge in [-0.05, 0) is 13.3 Å². The van der Waals surface area contributed by atoms with Crippen LogP contribution in [0.2, 0.25) is 0 Å². The van der Waals surface area contributed by atoms with E-state index >= 15 is 0 Å². The predicted octanol–water partition coefficient (Wildman–Crippen LogP) is 1.45. The van der Waals surface area contributed by atoms with E-state index in [1.165, 1.54) is 11.3 Å². The van der Waals surface area contributed by atoms with Gasteiger partial charge in [-0.3, -0.25) is 4.79 Å². The van der Waals surface area contributed by atoms with Crippen LogP contribution in [0.3, 0.4) is 0 Å². The fourth-order valence-corrected chi connectivity index (χ4v) is 1.58. The first kappa shape index (κ1) is 9.98. The lowest BCUT2D eigenvalue weighted by atomic mass is 10.3. The monoisotopic (exact) mass is 199 g/mol. The number of amides is 1. The molecule has 0 fully saturated rings. The van der Waals surface area contributed by atoms with E-state index in [2.05, 4.69) is 24.1 Å². The molecule has 0 aromatic carbocycles. The number of nitrogens with two attached hydrogens (primary N) is 1. The molecule has 13 heavy (non-hydrogen) atoms. The summed E-state index contributed by atoms with van der Waals surface area (Å²) in [6.07, 6.45) is 1.02. The second-order valence-electron chi connectivity index (χ2n) is 2.86. The van der Waals surface area contributed by atoms with Gasteiger partial charge in [-0.1, -0.05) is 6.92 Å². The number of hydrogen-bond donors (Lipinski definition) is 2. The van der Waals surface area contributed by atoms with Gasteiger partial charge in [-0.2, -0.15) is 0 Å². The average Bonchev–Trinajstić information content (AvgIpc) is 2.52. The Bertz CT molecular complexity index is 297. The molecule has 5 heteroatoms. The molecule has 1 unspecified atom stereocenters. The summed E-state index contributed by atoms with van der Waals surface area (Å²) in [7, 11) is 0. The molecule has 0 saturated heterocycles. The van der Waals surface area contributed by atoms with Gasteiger partial charge in [0.1, 0.15) is 5.69 Å². The van der Waals surface area contributed by atoms with Crippen molar-refractivity contribution in [2.24, 2.45) is 5.73 Å². The van der Waals surface area contributed by atoms with Gasteiger partial charge in [-0.15, -0.1) is 11.3 Å². The molecule has 1 aromatic heterocycles. The number of aromatic nitrogens is 1. The van der Waals surface area contributed by atoms with Gasteiger partial charge in [0.2, 0.25) is 0 Å². The van der Waals surface area contributed by atoms with Crippen LogP contribution in [-0.4, -0.2) is 16.9 Å². The molecule has 0 aliphatic heterocycles. The number of anilines is 1. The fourth-order valence-electron chi connectivity index (χ4n) is 0.766. The van der Waals surface area contributed by atoms with Gasteiger partial charge >= 0.3 is 0 Å². The van der Waals surface area contributed by atoms with E-state index in [1.807, 2.05) is 0 Å². The Labute approximate surface area is 81.2 Å². The molecule has 3 N–H and O–H groups in total. The molecule has 1 heterocycles. The van der Waals surface area contributed by atoms with Crippen molar-refractivity contribution in [1.82, 2.24) is 4.98 Å². The summed E-state index contributed by atoms with van der Waals surface area (Å²) in [5, 5.41) is 5.58. The molecule has 1 aromatic rings. The highest BCUT2D eigenvalue weighted by molar-refractivity contribution is 7.13. The minimum absolute atomic E-state index is 0.329. The standard InChI is InChI=1S/C8H13N3OS/c1-3-5(2)10-8-11-6(4-13-8)7(9)12/h4-5H,3H2,1-2H3,(H2,9,12)(H,10,11). The fraction of sp³-hybridized carbons (Fsp3) is 0.500. The van der Waals surface area contributed by atoms with Crippen LogP contribution in [0.5, 0.6) is 0 Å². The molecule has 0 aliphatic carbocycles. The third kappa shape index (κ3) is 2.69. The number of nitrogens with zero attached hydrogens (tertiary/aromatic N) is 1. The highest BCUT2D eigenvalue weighted by Gasteiger charge is 2.07. The van der Waals surface area contributed by atoms with Crippen molar-refractivity contribution in [3.05, 3.63) is 11.1 Å². The van der Waals surface area contributed by atoms with Crippen molar-refractivity contribution in [1.29, 1.82) is 0 Å². The summed E-state index contributed by atoms with van der Waals surface area (Å²) in [5.41, 5.74) is 5.40. The smallest absolute Gasteiger partial charge is 0.268 e. The van der Waals surface area contributed by atoms with Gasteiger partial charge in [0.15, 0.2) is 5.13 Å². The zero-order chi connectivity index (χ0) is 9.84. The summed E-state index contributed by atoms with van der Waals surface area (Å²) >= 11 is 1.40. The molecule has 72 valence electrons. The third-order valence-electron chi connectivity index (χ3n) is 1.74. The number of nitrogens with one attached hydrogen (secondary N) is 1. The number of hydrogen-bond acceptors (Lipinski definition) is 4. The lowest BCUT2D eigenvalue weighted by Crippen LogP contribution is -2.14.